The van der Waals surface area contributed by atoms with Crippen molar-refractivity contribution in [3.05, 3.63) is 47.1 Å². The quantitative estimate of drug-likeness (QED) is 0.846. The van der Waals surface area contributed by atoms with Crippen LogP contribution in [0.25, 0.3) is 0 Å². The van der Waals surface area contributed by atoms with Gasteiger partial charge in [0.05, 0.1) is 19.0 Å². The van der Waals surface area contributed by atoms with E-state index in [0.29, 0.717) is 27.8 Å². The summed E-state index contributed by atoms with van der Waals surface area (Å²) >= 11 is 5.85. The molecule has 1 aromatic heterocycles. The van der Waals surface area contributed by atoms with Crippen molar-refractivity contribution in [3.63, 3.8) is 0 Å². The lowest BCUT2D eigenvalue weighted by atomic mass is 10.2. The number of nitrogen functional groups attached to an aromatic ring is 1. The van der Waals surface area contributed by atoms with Crippen LogP contribution in [-0.2, 0) is 0 Å². The van der Waals surface area contributed by atoms with Gasteiger partial charge < -0.3 is 15.8 Å². The van der Waals surface area contributed by atoms with Gasteiger partial charge in [0.2, 0.25) is 5.88 Å². The second kappa shape index (κ2) is 5.58. The highest BCUT2D eigenvalue weighted by molar-refractivity contribution is 6.31. The van der Waals surface area contributed by atoms with Crippen molar-refractivity contribution in [2.24, 2.45) is 0 Å². The van der Waals surface area contributed by atoms with E-state index < -0.39 is 0 Å². The molecular weight excluding hydrogens is 266 g/mol. The normalized spacial score (nSPS) is 10.0. The SMILES string of the molecule is COc1ccc(NC(=O)c2cc(N)cc(Cl)c2)cn1. The fourth-order valence-electron chi connectivity index (χ4n) is 1.52. The van der Waals surface area contributed by atoms with Crippen molar-refractivity contribution in [1.29, 1.82) is 0 Å². The zero-order valence-electron chi connectivity index (χ0n) is 10.2. The number of nitrogens with one attached hydrogen (secondary N) is 1. The number of hydrogen-bond acceptors (Lipinski definition) is 4. The number of hydrogen-bond donors (Lipinski definition) is 2. The molecule has 0 saturated heterocycles. The summed E-state index contributed by atoms with van der Waals surface area (Å²) in [6.45, 7) is 0. The molecule has 1 aromatic carbocycles. The molecule has 0 spiro atoms. The zero-order chi connectivity index (χ0) is 13.8. The standard InChI is InChI=1S/C13H12ClN3O2/c1-19-12-3-2-11(7-16-12)17-13(18)8-4-9(14)6-10(15)5-8/h2-7H,15H2,1H3,(H,17,18). The number of aromatic nitrogens is 1. The molecule has 1 amide bonds. The molecule has 2 aromatic rings. The summed E-state index contributed by atoms with van der Waals surface area (Å²) < 4.78 is 4.93. The highest BCUT2D eigenvalue weighted by Crippen LogP contribution is 2.18. The molecule has 19 heavy (non-hydrogen) atoms. The van der Waals surface area contributed by atoms with Gasteiger partial charge in [0.25, 0.3) is 5.91 Å². The number of nitrogens with two attached hydrogens (primary N) is 1. The minimum absolute atomic E-state index is 0.304. The van der Waals surface area contributed by atoms with Gasteiger partial charge in [-0.25, -0.2) is 4.98 Å². The van der Waals surface area contributed by atoms with E-state index in [2.05, 4.69) is 10.3 Å². The number of rotatable bonds is 3. The summed E-state index contributed by atoms with van der Waals surface area (Å²) in [6, 6.07) is 8.02. The molecule has 0 aliphatic carbocycles. The Hall–Kier alpha value is -2.27. The molecular formula is C13H12ClN3O2. The number of carbonyl (C=O) groups is 1. The predicted octanol–water partition coefficient (Wildman–Crippen LogP) is 2.58. The Labute approximate surface area is 115 Å². The molecule has 0 saturated carbocycles. The molecule has 98 valence electrons. The lowest BCUT2D eigenvalue weighted by Crippen LogP contribution is -2.12. The van der Waals surface area contributed by atoms with Crippen molar-refractivity contribution in [3.8, 4) is 5.88 Å². The van der Waals surface area contributed by atoms with Crippen molar-refractivity contribution in [1.82, 2.24) is 4.98 Å². The highest BCUT2D eigenvalue weighted by Gasteiger charge is 2.08. The Balaban J connectivity index is 2.15. The Morgan fingerprint density at radius 1 is 1.37 bits per heavy atom. The summed E-state index contributed by atoms with van der Waals surface area (Å²) in [5.74, 6) is 0.172. The van der Waals surface area contributed by atoms with E-state index in [1.165, 1.54) is 13.3 Å². The van der Waals surface area contributed by atoms with Crippen LogP contribution in [0.1, 0.15) is 10.4 Å². The second-order valence-corrected chi connectivity index (χ2v) is 4.25. The van der Waals surface area contributed by atoms with Gasteiger partial charge in [-0.1, -0.05) is 11.6 Å². The number of ether oxygens (including phenoxy) is 1. The smallest absolute Gasteiger partial charge is 0.255 e. The summed E-state index contributed by atoms with van der Waals surface area (Å²) in [5.41, 5.74) is 7.02. The first-order valence-corrected chi connectivity index (χ1v) is 5.84. The predicted molar refractivity (Wildman–Crippen MR) is 74.6 cm³/mol. The Bertz CT molecular complexity index is 579. The summed E-state index contributed by atoms with van der Waals surface area (Å²) in [5, 5.41) is 3.11. The van der Waals surface area contributed by atoms with Crippen molar-refractivity contribution in [2.75, 3.05) is 18.2 Å². The number of benzene rings is 1. The van der Waals surface area contributed by atoms with Crippen LogP contribution < -0.4 is 15.8 Å². The summed E-state index contributed by atoms with van der Waals surface area (Å²) in [6.07, 6.45) is 1.50. The average Bonchev–Trinajstić information content (AvgIpc) is 2.38. The molecule has 3 N–H and O–H groups in total. The number of carbonyl (C=O) groups excluding carboxylic acids is 1. The summed E-state index contributed by atoms with van der Waals surface area (Å²) in [4.78, 5) is 16.0. The fourth-order valence-corrected chi connectivity index (χ4v) is 1.77. The van der Waals surface area contributed by atoms with Gasteiger partial charge in [-0.05, 0) is 24.3 Å². The molecule has 0 bridgehead atoms. The first kappa shape index (κ1) is 13.2. The topological polar surface area (TPSA) is 77.2 Å². The van der Waals surface area contributed by atoms with Crippen LogP contribution in [-0.4, -0.2) is 18.0 Å². The first-order chi connectivity index (χ1) is 9.08. The van der Waals surface area contributed by atoms with Crippen LogP contribution in [0.5, 0.6) is 5.88 Å². The molecule has 0 aliphatic heterocycles. The third kappa shape index (κ3) is 3.35. The zero-order valence-corrected chi connectivity index (χ0v) is 10.9. The van der Waals surface area contributed by atoms with Gasteiger partial charge in [0.1, 0.15) is 0 Å². The minimum atomic E-state index is -0.304. The molecule has 0 radical (unpaired) electrons. The van der Waals surface area contributed by atoms with Gasteiger partial charge in [0, 0.05) is 22.3 Å². The largest absolute Gasteiger partial charge is 0.481 e. The van der Waals surface area contributed by atoms with Gasteiger partial charge >= 0.3 is 0 Å². The van der Waals surface area contributed by atoms with Crippen LogP contribution in [0.15, 0.2) is 36.5 Å². The number of halogens is 1. The van der Waals surface area contributed by atoms with Gasteiger partial charge in [-0.2, -0.15) is 0 Å². The number of nitrogens with zero attached hydrogens (tertiary/aromatic N) is 1. The monoisotopic (exact) mass is 277 g/mol. The van der Waals surface area contributed by atoms with Crippen molar-refractivity contribution in [2.45, 2.75) is 0 Å². The molecule has 2 rings (SSSR count). The first-order valence-electron chi connectivity index (χ1n) is 5.46. The lowest BCUT2D eigenvalue weighted by Gasteiger charge is -2.06. The van der Waals surface area contributed by atoms with Gasteiger partial charge in [-0.15, -0.1) is 0 Å². The van der Waals surface area contributed by atoms with Crippen LogP contribution in [0, 0.1) is 0 Å². The van der Waals surface area contributed by atoms with E-state index in [0.717, 1.165) is 0 Å². The van der Waals surface area contributed by atoms with E-state index in [-0.39, 0.29) is 5.91 Å². The number of pyridine rings is 1. The molecule has 6 heteroatoms. The maximum absolute atomic E-state index is 12.0. The number of methoxy groups -OCH3 is 1. The van der Waals surface area contributed by atoms with Gasteiger partial charge in [-0.3, -0.25) is 4.79 Å². The molecule has 0 fully saturated rings. The molecule has 1 heterocycles. The maximum Gasteiger partial charge on any atom is 0.255 e. The van der Waals surface area contributed by atoms with Gasteiger partial charge in [0.15, 0.2) is 0 Å². The molecule has 0 unspecified atom stereocenters. The fraction of sp³-hybridized carbons (Fsp3) is 0.0769. The van der Waals surface area contributed by atoms with Crippen LogP contribution in [0.4, 0.5) is 11.4 Å². The van der Waals surface area contributed by atoms with E-state index in [1.807, 2.05) is 0 Å². The number of amides is 1. The third-order valence-corrected chi connectivity index (χ3v) is 2.60. The van der Waals surface area contributed by atoms with Crippen molar-refractivity contribution < 1.29 is 9.53 Å². The molecule has 0 atom stereocenters. The van der Waals surface area contributed by atoms with E-state index >= 15 is 0 Å². The highest BCUT2D eigenvalue weighted by atomic mass is 35.5. The van der Waals surface area contributed by atoms with E-state index in [9.17, 15) is 4.79 Å². The maximum atomic E-state index is 12.0. The third-order valence-electron chi connectivity index (χ3n) is 2.39. The average molecular weight is 278 g/mol. The van der Waals surface area contributed by atoms with Crippen LogP contribution in [0.3, 0.4) is 0 Å². The Kier molecular flexibility index (Phi) is 3.87. The Morgan fingerprint density at radius 2 is 2.16 bits per heavy atom. The molecule has 5 nitrogen and oxygen atoms in total. The molecule has 0 aliphatic rings. The number of anilines is 2. The second-order valence-electron chi connectivity index (χ2n) is 3.82. The summed E-state index contributed by atoms with van der Waals surface area (Å²) in [7, 11) is 1.52. The van der Waals surface area contributed by atoms with Crippen molar-refractivity contribution >= 4 is 28.9 Å². The van der Waals surface area contributed by atoms with E-state index in [1.54, 1.807) is 30.3 Å². The van der Waals surface area contributed by atoms with E-state index in [4.69, 9.17) is 22.1 Å². The Morgan fingerprint density at radius 3 is 2.74 bits per heavy atom. The van der Waals surface area contributed by atoms with Crippen LogP contribution >= 0.6 is 11.6 Å². The lowest BCUT2D eigenvalue weighted by molar-refractivity contribution is 0.102. The van der Waals surface area contributed by atoms with Crippen LogP contribution in [0.2, 0.25) is 5.02 Å². The minimum Gasteiger partial charge on any atom is -0.481 e.